The van der Waals surface area contributed by atoms with Crippen LogP contribution in [0, 0.1) is 6.92 Å². The molecule has 4 rings (SSSR count). The molecule has 1 N–H and O–H groups in total. The molecule has 0 spiro atoms. The van der Waals surface area contributed by atoms with Gasteiger partial charge in [0.05, 0.1) is 0 Å². The van der Waals surface area contributed by atoms with Crippen molar-refractivity contribution in [2.75, 3.05) is 19.6 Å². The van der Waals surface area contributed by atoms with E-state index in [9.17, 15) is 4.79 Å². The topological polar surface area (TPSA) is 71.3 Å². The molecule has 1 amide bonds. The summed E-state index contributed by atoms with van der Waals surface area (Å²) in [4.78, 5) is 15.1. The van der Waals surface area contributed by atoms with Crippen molar-refractivity contribution in [2.45, 2.75) is 39.7 Å². The first-order valence-corrected chi connectivity index (χ1v) is 11.2. The highest BCUT2D eigenvalue weighted by Gasteiger charge is 2.21. The van der Waals surface area contributed by atoms with E-state index < -0.39 is 0 Å². The summed E-state index contributed by atoms with van der Waals surface area (Å²) in [5, 5.41) is 11.5. The quantitative estimate of drug-likeness (QED) is 0.565. The lowest BCUT2D eigenvalue weighted by molar-refractivity contribution is 0.0914. The molecule has 166 valence electrons. The van der Waals surface area contributed by atoms with Crippen molar-refractivity contribution >= 4 is 5.91 Å². The van der Waals surface area contributed by atoms with E-state index in [-0.39, 0.29) is 11.9 Å². The SMILES string of the molecule is CC(C)=CCN1CCC(NC(=O)c2ccc(-c3nnc(-c4ccccc4C)o3)cc2)CC1. The third-order valence-electron chi connectivity index (χ3n) is 5.88. The Morgan fingerprint density at radius 2 is 1.75 bits per heavy atom. The molecule has 1 aliphatic heterocycles. The van der Waals surface area contributed by atoms with Crippen LogP contribution in [-0.2, 0) is 0 Å². The van der Waals surface area contributed by atoms with Gasteiger partial charge in [-0.1, -0.05) is 29.8 Å². The van der Waals surface area contributed by atoms with Gasteiger partial charge >= 0.3 is 0 Å². The predicted molar refractivity (Wildman–Crippen MR) is 126 cm³/mol. The fourth-order valence-corrected chi connectivity index (χ4v) is 3.87. The fraction of sp³-hybridized carbons (Fsp3) is 0.346. The minimum atomic E-state index is -0.0366. The smallest absolute Gasteiger partial charge is 0.251 e. The number of amides is 1. The van der Waals surface area contributed by atoms with Crippen LogP contribution in [0.25, 0.3) is 22.9 Å². The van der Waals surface area contributed by atoms with Crippen molar-refractivity contribution in [3.8, 4) is 22.9 Å². The Bertz CT molecular complexity index is 1090. The molecule has 0 aliphatic carbocycles. The van der Waals surface area contributed by atoms with Crippen LogP contribution < -0.4 is 5.32 Å². The van der Waals surface area contributed by atoms with Crippen LogP contribution in [-0.4, -0.2) is 46.7 Å². The standard InChI is InChI=1S/C26H30N4O2/c1-18(2)12-15-30-16-13-22(14-17-30)27-24(31)20-8-10-21(11-9-20)25-28-29-26(32-25)23-7-5-4-6-19(23)3/h4-12,22H,13-17H2,1-3H3,(H,27,31). The van der Waals surface area contributed by atoms with Crippen LogP contribution in [0.3, 0.4) is 0 Å². The second kappa shape index (κ2) is 9.92. The Morgan fingerprint density at radius 3 is 2.44 bits per heavy atom. The number of hydrogen-bond acceptors (Lipinski definition) is 5. The molecule has 2 aromatic carbocycles. The van der Waals surface area contributed by atoms with E-state index in [0.717, 1.165) is 49.2 Å². The first kappa shape index (κ1) is 22.0. The van der Waals surface area contributed by atoms with E-state index in [2.05, 4.69) is 40.3 Å². The summed E-state index contributed by atoms with van der Waals surface area (Å²) in [5.41, 5.74) is 4.78. The minimum Gasteiger partial charge on any atom is -0.416 e. The second-order valence-electron chi connectivity index (χ2n) is 8.63. The molecule has 2 heterocycles. The number of nitrogens with one attached hydrogen (secondary N) is 1. The van der Waals surface area contributed by atoms with Crippen molar-refractivity contribution in [3.05, 3.63) is 71.3 Å². The molecule has 1 aromatic heterocycles. The van der Waals surface area contributed by atoms with Gasteiger partial charge in [0, 0.05) is 42.4 Å². The molecule has 0 radical (unpaired) electrons. The van der Waals surface area contributed by atoms with Gasteiger partial charge in [-0.2, -0.15) is 0 Å². The molecule has 1 fully saturated rings. The van der Waals surface area contributed by atoms with Gasteiger partial charge in [0.2, 0.25) is 11.8 Å². The van der Waals surface area contributed by atoms with Crippen LogP contribution in [0.1, 0.15) is 42.6 Å². The van der Waals surface area contributed by atoms with E-state index in [1.165, 1.54) is 5.57 Å². The first-order valence-electron chi connectivity index (χ1n) is 11.2. The Hall–Kier alpha value is -3.25. The summed E-state index contributed by atoms with van der Waals surface area (Å²) in [7, 11) is 0. The van der Waals surface area contributed by atoms with Crippen molar-refractivity contribution < 1.29 is 9.21 Å². The third kappa shape index (κ3) is 5.32. The van der Waals surface area contributed by atoms with Gasteiger partial charge in [0.1, 0.15) is 0 Å². The molecule has 6 heteroatoms. The Balaban J connectivity index is 1.35. The zero-order chi connectivity index (χ0) is 22.5. The maximum atomic E-state index is 12.7. The molecule has 0 bridgehead atoms. The average molecular weight is 431 g/mol. The second-order valence-corrected chi connectivity index (χ2v) is 8.63. The normalized spacial score (nSPS) is 14.8. The van der Waals surface area contributed by atoms with Crippen LogP contribution in [0.5, 0.6) is 0 Å². The van der Waals surface area contributed by atoms with Gasteiger partial charge in [0.15, 0.2) is 0 Å². The van der Waals surface area contributed by atoms with E-state index >= 15 is 0 Å². The van der Waals surface area contributed by atoms with Crippen molar-refractivity contribution in [3.63, 3.8) is 0 Å². The number of aryl methyl sites for hydroxylation is 1. The summed E-state index contributed by atoms with van der Waals surface area (Å²) in [6.45, 7) is 9.27. The Labute approximate surface area is 189 Å². The lowest BCUT2D eigenvalue weighted by Gasteiger charge is -2.31. The van der Waals surface area contributed by atoms with Gasteiger partial charge in [-0.15, -0.1) is 10.2 Å². The highest BCUT2D eigenvalue weighted by Crippen LogP contribution is 2.26. The van der Waals surface area contributed by atoms with Crippen LogP contribution in [0.4, 0.5) is 0 Å². The number of nitrogens with zero attached hydrogens (tertiary/aromatic N) is 3. The molecule has 0 atom stereocenters. The van der Waals surface area contributed by atoms with E-state index in [0.29, 0.717) is 17.3 Å². The maximum absolute atomic E-state index is 12.7. The van der Waals surface area contributed by atoms with Gasteiger partial charge < -0.3 is 9.73 Å². The summed E-state index contributed by atoms with van der Waals surface area (Å²) in [6, 6.07) is 15.5. The van der Waals surface area contributed by atoms with Crippen molar-refractivity contribution in [1.29, 1.82) is 0 Å². The lowest BCUT2D eigenvalue weighted by Crippen LogP contribution is -2.44. The fourth-order valence-electron chi connectivity index (χ4n) is 3.87. The zero-order valence-corrected chi connectivity index (χ0v) is 19.0. The molecule has 3 aromatic rings. The summed E-state index contributed by atoms with van der Waals surface area (Å²) < 4.78 is 5.87. The number of hydrogen-bond donors (Lipinski definition) is 1. The zero-order valence-electron chi connectivity index (χ0n) is 19.0. The number of allylic oxidation sites excluding steroid dienone is 1. The molecule has 0 saturated carbocycles. The number of benzene rings is 2. The molecular formula is C26H30N4O2. The number of rotatable bonds is 6. The lowest BCUT2D eigenvalue weighted by atomic mass is 10.0. The van der Waals surface area contributed by atoms with Gasteiger partial charge in [-0.05, 0) is 69.5 Å². The van der Waals surface area contributed by atoms with Crippen LogP contribution >= 0.6 is 0 Å². The Morgan fingerprint density at radius 1 is 1.06 bits per heavy atom. The van der Waals surface area contributed by atoms with Crippen molar-refractivity contribution in [2.24, 2.45) is 0 Å². The maximum Gasteiger partial charge on any atom is 0.251 e. The van der Waals surface area contributed by atoms with Crippen LogP contribution in [0.2, 0.25) is 0 Å². The number of carbonyl (C=O) groups is 1. The molecular weight excluding hydrogens is 400 g/mol. The Kier molecular flexibility index (Phi) is 6.81. The first-order chi connectivity index (χ1) is 15.5. The van der Waals surface area contributed by atoms with Crippen LogP contribution in [0.15, 0.2) is 64.6 Å². The molecule has 6 nitrogen and oxygen atoms in total. The summed E-state index contributed by atoms with van der Waals surface area (Å²) in [5.74, 6) is 0.903. The van der Waals surface area contributed by atoms with E-state index in [1.807, 2.05) is 55.5 Å². The van der Waals surface area contributed by atoms with E-state index in [4.69, 9.17) is 4.42 Å². The number of carbonyl (C=O) groups excluding carboxylic acids is 1. The monoisotopic (exact) mass is 430 g/mol. The van der Waals surface area contributed by atoms with E-state index in [1.54, 1.807) is 0 Å². The minimum absolute atomic E-state index is 0.0366. The number of aromatic nitrogens is 2. The molecule has 1 aliphatic rings. The molecule has 1 saturated heterocycles. The van der Waals surface area contributed by atoms with Gasteiger partial charge in [-0.3, -0.25) is 9.69 Å². The highest BCUT2D eigenvalue weighted by molar-refractivity contribution is 5.94. The van der Waals surface area contributed by atoms with Crippen molar-refractivity contribution in [1.82, 2.24) is 20.4 Å². The molecule has 32 heavy (non-hydrogen) atoms. The summed E-state index contributed by atoms with van der Waals surface area (Å²) >= 11 is 0. The average Bonchev–Trinajstić information content (AvgIpc) is 3.29. The third-order valence-corrected chi connectivity index (χ3v) is 5.88. The number of piperidine rings is 1. The highest BCUT2D eigenvalue weighted by atomic mass is 16.4. The van der Waals surface area contributed by atoms with Gasteiger partial charge in [-0.25, -0.2) is 0 Å². The number of likely N-dealkylation sites (tertiary alicyclic amines) is 1. The largest absolute Gasteiger partial charge is 0.416 e. The summed E-state index contributed by atoms with van der Waals surface area (Å²) in [6.07, 6.45) is 4.21. The molecule has 0 unspecified atom stereocenters. The van der Waals surface area contributed by atoms with Gasteiger partial charge in [0.25, 0.3) is 5.91 Å². The predicted octanol–water partition coefficient (Wildman–Crippen LogP) is 4.87.